The summed E-state index contributed by atoms with van der Waals surface area (Å²) >= 11 is 4.29. The second-order valence-electron chi connectivity index (χ2n) is 3.28. The van der Waals surface area contributed by atoms with E-state index in [-0.39, 0.29) is 3.61 Å². The predicted octanol–water partition coefficient (Wildman–Crippen LogP) is 2.17. The van der Waals surface area contributed by atoms with E-state index in [9.17, 15) is 5.11 Å². The molecule has 3 heteroatoms. The van der Waals surface area contributed by atoms with Crippen molar-refractivity contribution >= 4 is 34.4 Å². The van der Waals surface area contributed by atoms with Gasteiger partial charge in [-0.2, -0.15) is 11.8 Å². The Bertz CT molecular complexity index is 135. The van der Waals surface area contributed by atoms with Gasteiger partial charge in [0.25, 0.3) is 0 Å². The van der Waals surface area contributed by atoms with Gasteiger partial charge in [-0.25, -0.2) is 0 Å². The molecule has 2 fully saturated rings. The van der Waals surface area contributed by atoms with E-state index in [0.717, 1.165) is 23.3 Å². The molecule has 2 bridgehead atoms. The third kappa shape index (κ3) is 1.46. The van der Waals surface area contributed by atoms with E-state index in [0.29, 0.717) is 0 Å². The Morgan fingerprint density at radius 3 is 2.30 bits per heavy atom. The molecule has 0 saturated carbocycles. The number of hydrogen-bond donors (Lipinski definition) is 1. The Hall–Kier alpha value is 1.04. The van der Waals surface area contributed by atoms with E-state index in [1.54, 1.807) is 0 Å². The number of fused-ring (bicyclic) bond motifs is 2. The zero-order valence-electron chi connectivity index (χ0n) is 5.72. The summed E-state index contributed by atoms with van der Waals surface area (Å²) in [6, 6.07) is 0. The molecule has 0 amide bonds. The average molecular weight is 270 g/mol. The molecule has 2 aliphatic heterocycles. The molecule has 0 aromatic heterocycles. The van der Waals surface area contributed by atoms with Gasteiger partial charge in [0, 0.05) is 10.5 Å². The van der Waals surface area contributed by atoms with Crippen LogP contribution in [-0.2, 0) is 0 Å². The molecule has 0 radical (unpaired) electrons. The molecule has 2 rings (SSSR count). The van der Waals surface area contributed by atoms with E-state index in [1.165, 1.54) is 12.8 Å². The van der Waals surface area contributed by atoms with E-state index < -0.39 is 0 Å². The Morgan fingerprint density at radius 1 is 1.30 bits per heavy atom. The molecule has 1 N–H and O–H groups in total. The molecule has 0 spiro atoms. The lowest BCUT2D eigenvalue weighted by Crippen LogP contribution is -2.30. The standard InChI is InChI=1S/C7H11IOS/c8-7(9)3-5-1-2-6(4-7)10-5/h5-6,9H,1-4H2/t5-,6-/m0/s1. The highest BCUT2D eigenvalue weighted by Crippen LogP contribution is 2.49. The minimum Gasteiger partial charge on any atom is -0.380 e. The van der Waals surface area contributed by atoms with Crippen LogP contribution in [0, 0.1) is 0 Å². The number of aliphatic hydroxyl groups is 1. The summed E-state index contributed by atoms with van der Waals surface area (Å²) < 4.78 is -0.366. The summed E-state index contributed by atoms with van der Waals surface area (Å²) in [4.78, 5) is 0. The SMILES string of the molecule is OC1(I)C[C@@H]2CC[C@@H](C1)S2. The van der Waals surface area contributed by atoms with Crippen molar-refractivity contribution in [3.63, 3.8) is 0 Å². The van der Waals surface area contributed by atoms with Gasteiger partial charge in [0.05, 0.1) is 0 Å². The number of rotatable bonds is 0. The summed E-state index contributed by atoms with van der Waals surface area (Å²) in [6.45, 7) is 0. The van der Waals surface area contributed by atoms with E-state index in [2.05, 4.69) is 34.4 Å². The molecule has 10 heavy (non-hydrogen) atoms. The lowest BCUT2D eigenvalue weighted by molar-refractivity contribution is 0.137. The van der Waals surface area contributed by atoms with Gasteiger partial charge in [-0.05, 0) is 48.3 Å². The number of hydrogen-bond acceptors (Lipinski definition) is 2. The van der Waals surface area contributed by atoms with Crippen LogP contribution in [0.3, 0.4) is 0 Å². The minimum atomic E-state index is -0.366. The molecule has 0 unspecified atom stereocenters. The van der Waals surface area contributed by atoms with E-state index in [1.807, 2.05) is 0 Å². The maximum atomic E-state index is 9.73. The zero-order chi connectivity index (χ0) is 7.19. The van der Waals surface area contributed by atoms with Gasteiger partial charge in [0.2, 0.25) is 0 Å². The first-order valence-electron chi connectivity index (χ1n) is 3.72. The van der Waals surface area contributed by atoms with Gasteiger partial charge in [-0.1, -0.05) is 0 Å². The van der Waals surface area contributed by atoms with Crippen molar-refractivity contribution in [3.05, 3.63) is 0 Å². The molecule has 2 aliphatic rings. The normalized spacial score (nSPS) is 53.4. The van der Waals surface area contributed by atoms with Gasteiger partial charge >= 0.3 is 0 Å². The van der Waals surface area contributed by atoms with Gasteiger partial charge in [0.1, 0.15) is 3.61 Å². The highest BCUT2D eigenvalue weighted by molar-refractivity contribution is 14.1. The van der Waals surface area contributed by atoms with Crippen molar-refractivity contribution in [2.24, 2.45) is 0 Å². The van der Waals surface area contributed by atoms with Crippen LogP contribution < -0.4 is 0 Å². The van der Waals surface area contributed by atoms with Crippen molar-refractivity contribution in [2.45, 2.75) is 39.8 Å². The fourth-order valence-corrected chi connectivity index (χ4v) is 5.35. The fraction of sp³-hybridized carbons (Fsp3) is 1.00. The molecule has 2 saturated heterocycles. The smallest absolute Gasteiger partial charge is 0.117 e. The van der Waals surface area contributed by atoms with Crippen LogP contribution in [0.2, 0.25) is 0 Å². The summed E-state index contributed by atoms with van der Waals surface area (Å²) in [7, 11) is 0. The van der Waals surface area contributed by atoms with Crippen LogP contribution in [0.1, 0.15) is 25.7 Å². The van der Waals surface area contributed by atoms with Crippen molar-refractivity contribution in [2.75, 3.05) is 0 Å². The monoisotopic (exact) mass is 270 g/mol. The highest BCUT2D eigenvalue weighted by Gasteiger charge is 2.41. The molecule has 0 aromatic rings. The quantitative estimate of drug-likeness (QED) is 0.537. The van der Waals surface area contributed by atoms with Crippen molar-refractivity contribution < 1.29 is 5.11 Å². The first-order chi connectivity index (χ1) is 4.66. The Balaban J connectivity index is 2.09. The summed E-state index contributed by atoms with van der Waals surface area (Å²) in [5, 5.41) is 11.3. The second-order valence-corrected chi connectivity index (χ2v) is 6.90. The Kier molecular flexibility index (Phi) is 1.94. The van der Waals surface area contributed by atoms with Crippen molar-refractivity contribution in [1.29, 1.82) is 0 Å². The lowest BCUT2D eigenvalue weighted by Gasteiger charge is -2.30. The molecule has 58 valence electrons. The van der Waals surface area contributed by atoms with E-state index >= 15 is 0 Å². The van der Waals surface area contributed by atoms with Crippen molar-refractivity contribution in [3.8, 4) is 0 Å². The number of alkyl halides is 1. The Morgan fingerprint density at radius 2 is 1.80 bits per heavy atom. The van der Waals surface area contributed by atoms with Gasteiger partial charge in [-0.15, -0.1) is 0 Å². The van der Waals surface area contributed by atoms with Crippen LogP contribution in [0.15, 0.2) is 0 Å². The molecule has 2 heterocycles. The molecular formula is C7H11IOS. The lowest BCUT2D eigenvalue weighted by atomic mass is 10.1. The van der Waals surface area contributed by atoms with Crippen LogP contribution in [-0.4, -0.2) is 19.2 Å². The molecule has 0 aromatic carbocycles. The third-order valence-electron chi connectivity index (χ3n) is 2.28. The zero-order valence-corrected chi connectivity index (χ0v) is 8.69. The first kappa shape index (κ1) is 7.68. The van der Waals surface area contributed by atoms with Gasteiger partial charge in [0.15, 0.2) is 0 Å². The number of halogens is 1. The van der Waals surface area contributed by atoms with Crippen LogP contribution >= 0.6 is 34.4 Å². The van der Waals surface area contributed by atoms with Crippen molar-refractivity contribution in [1.82, 2.24) is 0 Å². The molecule has 0 aliphatic carbocycles. The predicted molar refractivity (Wildman–Crippen MR) is 52.6 cm³/mol. The topological polar surface area (TPSA) is 20.2 Å². The molecular weight excluding hydrogens is 259 g/mol. The maximum Gasteiger partial charge on any atom is 0.117 e. The highest BCUT2D eigenvalue weighted by atomic mass is 127. The maximum absolute atomic E-state index is 9.73. The molecule has 1 nitrogen and oxygen atoms in total. The largest absolute Gasteiger partial charge is 0.380 e. The van der Waals surface area contributed by atoms with E-state index in [4.69, 9.17) is 0 Å². The van der Waals surface area contributed by atoms with Crippen LogP contribution in [0.5, 0.6) is 0 Å². The Labute approximate surface area is 79.1 Å². The number of thioether (sulfide) groups is 1. The van der Waals surface area contributed by atoms with Gasteiger partial charge in [-0.3, -0.25) is 0 Å². The van der Waals surface area contributed by atoms with Gasteiger partial charge < -0.3 is 5.11 Å². The fourth-order valence-electron chi connectivity index (χ4n) is 1.86. The molecule has 2 atom stereocenters. The average Bonchev–Trinajstić information content (AvgIpc) is 2.08. The summed E-state index contributed by atoms with van der Waals surface area (Å²) in [5.74, 6) is 0. The van der Waals surface area contributed by atoms with Crippen LogP contribution in [0.25, 0.3) is 0 Å². The second kappa shape index (κ2) is 2.52. The summed E-state index contributed by atoms with van der Waals surface area (Å²) in [5.41, 5.74) is 0. The first-order valence-corrected chi connectivity index (χ1v) is 5.75. The summed E-state index contributed by atoms with van der Waals surface area (Å²) in [6.07, 6.45) is 4.69. The minimum absolute atomic E-state index is 0.366. The third-order valence-corrected chi connectivity index (χ3v) is 4.73. The van der Waals surface area contributed by atoms with Crippen LogP contribution in [0.4, 0.5) is 0 Å².